The highest BCUT2D eigenvalue weighted by atomic mass is 16.5. The minimum Gasteiger partial charge on any atom is -0.497 e. The summed E-state index contributed by atoms with van der Waals surface area (Å²) in [4.78, 5) is 0. The van der Waals surface area contributed by atoms with Crippen LogP contribution in [0, 0.1) is 0 Å². The number of benzene rings is 1. The molecule has 0 aliphatic rings. The van der Waals surface area contributed by atoms with E-state index in [0.717, 1.165) is 24.5 Å². The molecule has 3 heteroatoms. The Morgan fingerprint density at radius 1 is 1.21 bits per heavy atom. The Bertz CT molecular complexity index is 246. The molecule has 0 aromatic heterocycles. The van der Waals surface area contributed by atoms with Gasteiger partial charge in [0, 0.05) is 12.3 Å². The number of rotatable bonds is 6. The first-order valence-electron chi connectivity index (χ1n) is 4.82. The summed E-state index contributed by atoms with van der Waals surface area (Å²) >= 11 is 0. The van der Waals surface area contributed by atoms with Gasteiger partial charge in [-0.05, 0) is 30.7 Å². The lowest BCUT2D eigenvalue weighted by Gasteiger charge is -2.07. The van der Waals surface area contributed by atoms with E-state index in [-0.39, 0.29) is 0 Å². The Morgan fingerprint density at radius 2 is 1.93 bits per heavy atom. The molecule has 78 valence electrons. The summed E-state index contributed by atoms with van der Waals surface area (Å²) in [7, 11) is 1.66. The van der Waals surface area contributed by atoms with E-state index >= 15 is 0 Å². The Kier molecular flexibility index (Phi) is 4.86. The van der Waals surface area contributed by atoms with E-state index in [0.29, 0.717) is 6.73 Å². The van der Waals surface area contributed by atoms with E-state index in [9.17, 15) is 0 Å². The number of ether oxygens (including phenoxy) is 2. The SMILES string of the molecule is CCCOCNc1ccc(OC)cc1. The lowest BCUT2D eigenvalue weighted by atomic mass is 10.3. The van der Waals surface area contributed by atoms with Crippen molar-refractivity contribution in [1.29, 1.82) is 0 Å². The van der Waals surface area contributed by atoms with Crippen LogP contribution in [0.15, 0.2) is 24.3 Å². The van der Waals surface area contributed by atoms with Gasteiger partial charge in [0.25, 0.3) is 0 Å². The van der Waals surface area contributed by atoms with Gasteiger partial charge in [0.1, 0.15) is 12.5 Å². The fourth-order valence-electron chi connectivity index (χ4n) is 1.06. The number of methoxy groups -OCH3 is 1. The van der Waals surface area contributed by atoms with Gasteiger partial charge in [-0.25, -0.2) is 0 Å². The van der Waals surface area contributed by atoms with Crippen LogP contribution in [0.25, 0.3) is 0 Å². The van der Waals surface area contributed by atoms with E-state index < -0.39 is 0 Å². The molecule has 3 nitrogen and oxygen atoms in total. The third kappa shape index (κ3) is 3.66. The normalized spacial score (nSPS) is 9.86. The molecule has 0 saturated heterocycles. The fourth-order valence-corrected chi connectivity index (χ4v) is 1.06. The van der Waals surface area contributed by atoms with Gasteiger partial charge < -0.3 is 14.8 Å². The van der Waals surface area contributed by atoms with Gasteiger partial charge >= 0.3 is 0 Å². The predicted molar refractivity (Wildman–Crippen MR) is 57.7 cm³/mol. The molecule has 0 heterocycles. The van der Waals surface area contributed by atoms with E-state index in [1.165, 1.54) is 0 Å². The molecule has 1 N–H and O–H groups in total. The first kappa shape index (κ1) is 10.9. The van der Waals surface area contributed by atoms with Crippen LogP contribution in [0.1, 0.15) is 13.3 Å². The van der Waals surface area contributed by atoms with E-state index in [1.807, 2.05) is 24.3 Å². The summed E-state index contributed by atoms with van der Waals surface area (Å²) in [5.41, 5.74) is 1.04. The van der Waals surface area contributed by atoms with Crippen molar-refractivity contribution in [1.82, 2.24) is 0 Å². The number of hydrogen-bond donors (Lipinski definition) is 1. The second-order valence-electron chi connectivity index (χ2n) is 2.96. The molecule has 0 atom stereocenters. The molecule has 1 aromatic carbocycles. The minimum atomic E-state index is 0.556. The van der Waals surface area contributed by atoms with Crippen molar-refractivity contribution in [3.05, 3.63) is 24.3 Å². The number of hydrogen-bond acceptors (Lipinski definition) is 3. The Labute approximate surface area is 85.0 Å². The lowest BCUT2D eigenvalue weighted by Crippen LogP contribution is -2.06. The largest absolute Gasteiger partial charge is 0.497 e. The molecule has 0 aliphatic heterocycles. The second kappa shape index (κ2) is 6.27. The Morgan fingerprint density at radius 3 is 2.50 bits per heavy atom. The highest BCUT2D eigenvalue weighted by molar-refractivity contribution is 5.45. The van der Waals surface area contributed by atoms with Crippen molar-refractivity contribution in [2.24, 2.45) is 0 Å². The van der Waals surface area contributed by atoms with Crippen LogP contribution in [0.5, 0.6) is 5.75 Å². The molecule has 1 aromatic rings. The summed E-state index contributed by atoms with van der Waals surface area (Å²) in [6, 6.07) is 7.77. The topological polar surface area (TPSA) is 30.5 Å². The average molecular weight is 195 g/mol. The predicted octanol–water partition coefficient (Wildman–Crippen LogP) is 2.49. The van der Waals surface area contributed by atoms with Crippen LogP contribution in [0.2, 0.25) is 0 Å². The smallest absolute Gasteiger partial charge is 0.119 e. The third-order valence-electron chi connectivity index (χ3n) is 1.82. The summed E-state index contributed by atoms with van der Waals surface area (Å²) in [6.07, 6.45) is 1.05. The maximum atomic E-state index is 5.30. The van der Waals surface area contributed by atoms with E-state index in [4.69, 9.17) is 9.47 Å². The summed E-state index contributed by atoms with van der Waals surface area (Å²) in [6.45, 7) is 3.44. The van der Waals surface area contributed by atoms with Crippen molar-refractivity contribution in [3.63, 3.8) is 0 Å². The molecule has 0 amide bonds. The van der Waals surface area contributed by atoms with Crippen LogP contribution in [0.3, 0.4) is 0 Å². The Balaban J connectivity index is 2.29. The second-order valence-corrected chi connectivity index (χ2v) is 2.96. The van der Waals surface area contributed by atoms with Gasteiger partial charge in [0.2, 0.25) is 0 Å². The fraction of sp³-hybridized carbons (Fsp3) is 0.455. The molecular formula is C11H17NO2. The van der Waals surface area contributed by atoms with E-state index in [1.54, 1.807) is 7.11 Å². The molecule has 0 radical (unpaired) electrons. The van der Waals surface area contributed by atoms with Crippen LogP contribution in [-0.4, -0.2) is 20.4 Å². The molecule has 0 spiro atoms. The highest BCUT2D eigenvalue weighted by Crippen LogP contribution is 2.14. The highest BCUT2D eigenvalue weighted by Gasteiger charge is 1.92. The molecule has 14 heavy (non-hydrogen) atoms. The van der Waals surface area contributed by atoms with Gasteiger partial charge in [-0.3, -0.25) is 0 Å². The first-order chi connectivity index (χ1) is 6.86. The zero-order valence-corrected chi connectivity index (χ0v) is 8.75. The first-order valence-corrected chi connectivity index (χ1v) is 4.82. The standard InChI is InChI=1S/C11H17NO2/c1-3-8-14-9-12-10-4-6-11(13-2)7-5-10/h4-7,12H,3,8-9H2,1-2H3. The van der Waals surface area contributed by atoms with Crippen molar-refractivity contribution in [2.75, 3.05) is 25.8 Å². The molecule has 1 rings (SSSR count). The number of nitrogens with one attached hydrogen (secondary N) is 1. The zero-order chi connectivity index (χ0) is 10.2. The van der Waals surface area contributed by atoms with Gasteiger partial charge in [-0.2, -0.15) is 0 Å². The third-order valence-corrected chi connectivity index (χ3v) is 1.82. The molecular weight excluding hydrogens is 178 g/mol. The van der Waals surface area contributed by atoms with E-state index in [2.05, 4.69) is 12.2 Å². The average Bonchev–Trinajstić information content (AvgIpc) is 2.25. The number of anilines is 1. The lowest BCUT2D eigenvalue weighted by molar-refractivity contribution is 0.153. The minimum absolute atomic E-state index is 0.556. The van der Waals surface area contributed by atoms with Gasteiger partial charge in [-0.1, -0.05) is 6.92 Å². The maximum Gasteiger partial charge on any atom is 0.119 e. The maximum absolute atomic E-state index is 5.30. The van der Waals surface area contributed by atoms with Crippen molar-refractivity contribution in [3.8, 4) is 5.75 Å². The van der Waals surface area contributed by atoms with Gasteiger partial charge in [0.05, 0.1) is 7.11 Å². The summed E-state index contributed by atoms with van der Waals surface area (Å²) < 4.78 is 10.4. The molecule has 0 bridgehead atoms. The zero-order valence-electron chi connectivity index (χ0n) is 8.75. The van der Waals surface area contributed by atoms with Gasteiger partial charge in [-0.15, -0.1) is 0 Å². The molecule has 0 unspecified atom stereocenters. The summed E-state index contributed by atoms with van der Waals surface area (Å²) in [5.74, 6) is 0.866. The molecule has 0 saturated carbocycles. The Hall–Kier alpha value is -1.22. The molecule has 0 fully saturated rings. The molecule has 0 aliphatic carbocycles. The van der Waals surface area contributed by atoms with Crippen LogP contribution in [-0.2, 0) is 4.74 Å². The van der Waals surface area contributed by atoms with Crippen LogP contribution < -0.4 is 10.1 Å². The van der Waals surface area contributed by atoms with Crippen LogP contribution in [0.4, 0.5) is 5.69 Å². The van der Waals surface area contributed by atoms with Crippen molar-refractivity contribution < 1.29 is 9.47 Å². The summed E-state index contributed by atoms with van der Waals surface area (Å²) in [5, 5.41) is 3.15. The quantitative estimate of drug-likeness (QED) is 0.559. The monoisotopic (exact) mass is 195 g/mol. The van der Waals surface area contributed by atoms with Crippen LogP contribution >= 0.6 is 0 Å². The van der Waals surface area contributed by atoms with Crippen molar-refractivity contribution >= 4 is 5.69 Å². The van der Waals surface area contributed by atoms with Crippen molar-refractivity contribution in [2.45, 2.75) is 13.3 Å². The van der Waals surface area contributed by atoms with Gasteiger partial charge in [0.15, 0.2) is 0 Å².